The lowest BCUT2D eigenvalue weighted by atomic mass is 10.2. The highest BCUT2D eigenvalue weighted by molar-refractivity contribution is 7.98. The average molecular weight is 317 g/mol. The molecule has 0 spiro atoms. The number of nitrogens with zero attached hydrogens (tertiary/aromatic N) is 2. The molecule has 0 saturated heterocycles. The smallest absolute Gasteiger partial charge is 0.255 e. The van der Waals surface area contributed by atoms with Crippen molar-refractivity contribution in [3.63, 3.8) is 0 Å². The van der Waals surface area contributed by atoms with E-state index in [1.165, 1.54) is 11.1 Å². The molecule has 2 rings (SSSR count). The van der Waals surface area contributed by atoms with E-state index in [1.54, 1.807) is 4.68 Å². The fourth-order valence-corrected chi connectivity index (χ4v) is 3.12. The number of carbonyl (C=O) groups is 1. The molecule has 2 aromatic rings. The predicted molar refractivity (Wildman–Crippen MR) is 92.4 cm³/mol. The number of hydrogen-bond donors (Lipinski definition) is 1. The number of carbonyl (C=O) groups excluding carboxylic acids is 1. The molecule has 0 fully saturated rings. The maximum absolute atomic E-state index is 12.2. The summed E-state index contributed by atoms with van der Waals surface area (Å²) in [4.78, 5) is 12.2. The zero-order valence-electron chi connectivity index (χ0n) is 13.6. The SMILES string of the molecule is Cc1ccc(CSCCNC(=O)c2c(C)nn(C)c2C)cc1. The normalized spacial score (nSPS) is 10.7. The van der Waals surface area contributed by atoms with Gasteiger partial charge in [-0.05, 0) is 26.3 Å². The third kappa shape index (κ3) is 4.13. The predicted octanol–water partition coefficient (Wildman–Crippen LogP) is 3.01. The van der Waals surface area contributed by atoms with Gasteiger partial charge in [0.2, 0.25) is 0 Å². The lowest BCUT2D eigenvalue weighted by Gasteiger charge is -2.06. The number of aryl methyl sites for hydroxylation is 3. The van der Waals surface area contributed by atoms with Crippen molar-refractivity contribution >= 4 is 17.7 Å². The Morgan fingerprint density at radius 1 is 1.23 bits per heavy atom. The minimum atomic E-state index is -0.0287. The van der Waals surface area contributed by atoms with Crippen LogP contribution in [0.2, 0.25) is 0 Å². The maximum atomic E-state index is 12.2. The van der Waals surface area contributed by atoms with E-state index in [2.05, 4.69) is 41.6 Å². The number of nitrogens with one attached hydrogen (secondary N) is 1. The molecule has 0 unspecified atom stereocenters. The topological polar surface area (TPSA) is 46.9 Å². The highest BCUT2D eigenvalue weighted by atomic mass is 32.2. The number of benzene rings is 1. The molecule has 1 aromatic carbocycles. The van der Waals surface area contributed by atoms with Crippen LogP contribution in [-0.2, 0) is 12.8 Å². The summed E-state index contributed by atoms with van der Waals surface area (Å²) in [6, 6.07) is 8.57. The molecule has 1 amide bonds. The van der Waals surface area contributed by atoms with Crippen molar-refractivity contribution in [3.05, 3.63) is 52.3 Å². The Hall–Kier alpha value is -1.75. The van der Waals surface area contributed by atoms with Gasteiger partial charge in [0.1, 0.15) is 0 Å². The van der Waals surface area contributed by atoms with Gasteiger partial charge in [-0.3, -0.25) is 9.48 Å². The summed E-state index contributed by atoms with van der Waals surface area (Å²) in [5.74, 6) is 1.85. The summed E-state index contributed by atoms with van der Waals surface area (Å²) < 4.78 is 1.75. The third-order valence-corrected chi connectivity index (χ3v) is 4.69. The fourth-order valence-electron chi connectivity index (χ4n) is 2.30. The van der Waals surface area contributed by atoms with Crippen LogP contribution in [0.4, 0.5) is 0 Å². The van der Waals surface area contributed by atoms with Crippen LogP contribution in [0, 0.1) is 20.8 Å². The van der Waals surface area contributed by atoms with Crippen molar-refractivity contribution in [3.8, 4) is 0 Å². The molecule has 0 aliphatic rings. The van der Waals surface area contributed by atoms with Crippen LogP contribution >= 0.6 is 11.8 Å². The highest BCUT2D eigenvalue weighted by Crippen LogP contribution is 2.13. The van der Waals surface area contributed by atoms with Gasteiger partial charge < -0.3 is 5.32 Å². The molecule has 1 N–H and O–H groups in total. The molecule has 0 saturated carbocycles. The number of aromatic nitrogens is 2. The molecule has 5 heteroatoms. The van der Waals surface area contributed by atoms with E-state index in [-0.39, 0.29) is 5.91 Å². The molecule has 0 aliphatic carbocycles. The van der Waals surface area contributed by atoms with E-state index >= 15 is 0 Å². The van der Waals surface area contributed by atoms with Crippen LogP contribution in [0.5, 0.6) is 0 Å². The first-order valence-corrected chi connectivity index (χ1v) is 8.56. The van der Waals surface area contributed by atoms with Crippen LogP contribution in [0.15, 0.2) is 24.3 Å². The van der Waals surface area contributed by atoms with E-state index in [9.17, 15) is 4.79 Å². The maximum Gasteiger partial charge on any atom is 0.255 e. The van der Waals surface area contributed by atoms with Gasteiger partial charge >= 0.3 is 0 Å². The lowest BCUT2D eigenvalue weighted by Crippen LogP contribution is -2.26. The van der Waals surface area contributed by atoms with Crippen molar-refractivity contribution in [2.75, 3.05) is 12.3 Å². The summed E-state index contributed by atoms with van der Waals surface area (Å²) in [6.07, 6.45) is 0. The Balaban J connectivity index is 1.74. The summed E-state index contributed by atoms with van der Waals surface area (Å²) in [6.45, 7) is 6.55. The summed E-state index contributed by atoms with van der Waals surface area (Å²) in [7, 11) is 1.86. The first-order chi connectivity index (χ1) is 10.5. The summed E-state index contributed by atoms with van der Waals surface area (Å²) >= 11 is 1.83. The molecular weight excluding hydrogens is 294 g/mol. The number of amides is 1. The number of thioether (sulfide) groups is 1. The van der Waals surface area contributed by atoms with Gasteiger partial charge in [-0.15, -0.1) is 0 Å². The van der Waals surface area contributed by atoms with Gasteiger partial charge in [-0.1, -0.05) is 29.8 Å². The zero-order chi connectivity index (χ0) is 16.1. The van der Waals surface area contributed by atoms with Gasteiger partial charge in [0.15, 0.2) is 0 Å². The van der Waals surface area contributed by atoms with Gasteiger partial charge in [0.25, 0.3) is 5.91 Å². The second-order valence-corrected chi connectivity index (χ2v) is 6.57. The van der Waals surface area contributed by atoms with E-state index in [1.807, 2.05) is 32.7 Å². The first kappa shape index (κ1) is 16.6. The molecule has 1 aromatic heterocycles. The van der Waals surface area contributed by atoms with Crippen molar-refractivity contribution in [2.45, 2.75) is 26.5 Å². The minimum absolute atomic E-state index is 0.0287. The van der Waals surface area contributed by atoms with Crippen molar-refractivity contribution in [1.29, 1.82) is 0 Å². The lowest BCUT2D eigenvalue weighted by molar-refractivity contribution is 0.0955. The van der Waals surface area contributed by atoms with Crippen LogP contribution < -0.4 is 5.32 Å². The Kier molecular flexibility index (Phi) is 5.66. The Morgan fingerprint density at radius 2 is 1.91 bits per heavy atom. The molecule has 0 aliphatic heterocycles. The van der Waals surface area contributed by atoms with Gasteiger partial charge in [0.05, 0.1) is 11.3 Å². The Bertz CT molecular complexity index is 647. The van der Waals surface area contributed by atoms with Gasteiger partial charge in [-0.25, -0.2) is 0 Å². The molecule has 1 heterocycles. The van der Waals surface area contributed by atoms with Crippen molar-refractivity contribution in [1.82, 2.24) is 15.1 Å². The Labute approximate surface area is 136 Å². The second kappa shape index (κ2) is 7.49. The van der Waals surface area contributed by atoms with Crippen LogP contribution in [0.25, 0.3) is 0 Å². The summed E-state index contributed by atoms with van der Waals surface area (Å²) in [5, 5.41) is 7.25. The Morgan fingerprint density at radius 3 is 2.50 bits per heavy atom. The second-order valence-electron chi connectivity index (χ2n) is 5.46. The molecule has 22 heavy (non-hydrogen) atoms. The fraction of sp³-hybridized carbons (Fsp3) is 0.412. The standard InChI is InChI=1S/C17H23N3OS/c1-12-5-7-15(8-6-12)11-22-10-9-18-17(21)16-13(2)19-20(4)14(16)3/h5-8H,9-11H2,1-4H3,(H,18,21). The molecule has 0 atom stereocenters. The number of hydrogen-bond acceptors (Lipinski definition) is 3. The van der Waals surface area contributed by atoms with Gasteiger partial charge in [-0.2, -0.15) is 16.9 Å². The molecule has 4 nitrogen and oxygen atoms in total. The molecule has 0 bridgehead atoms. The van der Waals surface area contributed by atoms with E-state index < -0.39 is 0 Å². The minimum Gasteiger partial charge on any atom is -0.351 e. The quantitative estimate of drug-likeness (QED) is 0.833. The van der Waals surface area contributed by atoms with Crippen LogP contribution in [0.3, 0.4) is 0 Å². The van der Waals surface area contributed by atoms with Gasteiger partial charge in [0, 0.05) is 30.8 Å². The van der Waals surface area contributed by atoms with E-state index in [4.69, 9.17) is 0 Å². The monoisotopic (exact) mass is 317 g/mol. The van der Waals surface area contributed by atoms with Crippen molar-refractivity contribution < 1.29 is 4.79 Å². The molecule has 118 valence electrons. The molecular formula is C17H23N3OS. The first-order valence-electron chi connectivity index (χ1n) is 7.40. The summed E-state index contributed by atoms with van der Waals surface area (Å²) in [5.41, 5.74) is 4.99. The third-order valence-electron chi connectivity index (χ3n) is 3.66. The van der Waals surface area contributed by atoms with Crippen LogP contribution in [-0.4, -0.2) is 28.0 Å². The zero-order valence-corrected chi connectivity index (χ0v) is 14.5. The molecule has 0 radical (unpaired) electrons. The van der Waals surface area contributed by atoms with Crippen molar-refractivity contribution in [2.24, 2.45) is 7.05 Å². The van der Waals surface area contributed by atoms with E-state index in [0.717, 1.165) is 22.9 Å². The van der Waals surface area contributed by atoms with E-state index in [0.29, 0.717) is 12.1 Å². The largest absolute Gasteiger partial charge is 0.351 e. The van der Waals surface area contributed by atoms with Crippen LogP contribution in [0.1, 0.15) is 32.9 Å². The highest BCUT2D eigenvalue weighted by Gasteiger charge is 2.16. The number of rotatable bonds is 6. The average Bonchev–Trinajstić information content (AvgIpc) is 2.73.